The molecule has 0 heterocycles. The third-order valence-corrected chi connectivity index (χ3v) is 3.10. The van der Waals surface area contributed by atoms with Gasteiger partial charge < -0.3 is 0 Å². The highest BCUT2D eigenvalue weighted by molar-refractivity contribution is 9.09. The van der Waals surface area contributed by atoms with E-state index in [-0.39, 0.29) is 0 Å². The lowest BCUT2D eigenvalue weighted by atomic mass is 10.5. The van der Waals surface area contributed by atoms with Crippen LogP contribution >= 0.6 is 27.5 Å². The highest BCUT2D eigenvalue weighted by atomic mass is 79.9. The molecule has 7 heteroatoms. The fourth-order valence-corrected chi connectivity index (χ4v) is 1.57. The monoisotopic (exact) mass is 251 g/mol. The Morgan fingerprint density at radius 2 is 2.10 bits per heavy atom. The highest BCUT2D eigenvalue weighted by Gasteiger charge is 2.15. The summed E-state index contributed by atoms with van der Waals surface area (Å²) >= 11 is 8.35. The van der Waals surface area contributed by atoms with Crippen molar-refractivity contribution in [1.29, 1.82) is 0 Å². The number of halogens is 2. The first-order valence-corrected chi connectivity index (χ1v) is 5.15. The summed E-state index contributed by atoms with van der Waals surface area (Å²) in [5.41, 5.74) is 0. The van der Waals surface area contributed by atoms with Gasteiger partial charge in [0.2, 0.25) is 0 Å². The van der Waals surface area contributed by atoms with E-state index in [9.17, 15) is 8.42 Å². The number of rotatable bonds is 3. The molecule has 2 atom stereocenters. The molecule has 0 amide bonds. The molecule has 0 aliphatic rings. The SMILES string of the molecule is CC(Cl)C(Br)NS(=O)(=O)O. The lowest BCUT2D eigenvalue weighted by molar-refractivity contribution is 0.465. The Morgan fingerprint density at radius 1 is 1.70 bits per heavy atom. The molecule has 2 unspecified atom stereocenters. The Kier molecular flexibility index (Phi) is 4.12. The zero-order valence-corrected chi connectivity index (χ0v) is 8.24. The summed E-state index contributed by atoms with van der Waals surface area (Å²) in [7, 11) is -4.15. The molecule has 2 N–H and O–H groups in total. The van der Waals surface area contributed by atoms with Gasteiger partial charge >= 0.3 is 10.3 Å². The molecule has 0 aliphatic heterocycles. The molecule has 0 fully saturated rings. The molecule has 0 aromatic carbocycles. The van der Waals surface area contributed by atoms with Crippen molar-refractivity contribution in [2.45, 2.75) is 17.3 Å². The minimum absolute atomic E-state index is 0.429. The first kappa shape index (κ1) is 10.6. The van der Waals surface area contributed by atoms with Crippen molar-refractivity contribution in [3.8, 4) is 0 Å². The van der Waals surface area contributed by atoms with E-state index in [0.29, 0.717) is 0 Å². The fourth-order valence-electron chi connectivity index (χ4n) is 0.236. The van der Waals surface area contributed by atoms with Gasteiger partial charge in [0.15, 0.2) is 0 Å². The molecular weight excluding hydrogens is 245 g/mol. The average molecular weight is 253 g/mol. The molecule has 0 bridgehead atoms. The van der Waals surface area contributed by atoms with Gasteiger partial charge in [0, 0.05) is 0 Å². The van der Waals surface area contributed by atoms with E-state index in [4.69, 9.17) is 16.2 Å². The van der Waals surface area contributed by atoms with Crippen LogP contribution in [0.4, 0.5) is 0 Å². The van der Waals surface area contributed by atoms with Crippen LogP contribution in [-0.2, 0) is 10.3 Å². The van der Waals surface area contributed by atoms with Crippen LogP contribution in [0.1, 0.15) is 6.92 Å². The molecule has 62 valence electrons. The van der Waals surface area contributed by atoms with Crippen molar-refractivity contribution in [2.75, 3.05) is 0 Å². The van der Waals surface area contributed by atoms with Gasteiger partial charge in [-0.3, -0.25) is 4.55 Å². The summed E-state index contributed by atoms with van der Waals surface area (Å²) in [6, 6.07) is 0. The van der Waals surface area contributed by atoms with Crippen LogP contribution in [0, 0.1) is 0 Å². The summed E-state index contributed by atoms with van der Waals surface area (Å²) in [4.78, 5) is -0.649. The standard InChI is InChI=1S/C3H7BrClNO3S/c1-2(5)3(4)6-10(7,8)9/h2-3,6H,1H3,(H,7,8,9). The van der Waals surface area contributed by atoms with Gasteiger partial charge in [-0.1, -0.05) is 15.9 Å². The van der Waals surface area contributed by atoms with Crippen LogP contribution in [0.3, 0.4) is 0 Å². The maximum absolute atomic E-state index is 10.1. The highest BCUT2D eigenvalue weighted by Crippen LogP contribution is 2.08. The topological polar surface area (TPSA) is 66.4 Å². The molecule has 0 radical (unpaired) electrons. The van der Waals surface area contributed by atoms with Crippen LogP contribution in [-0.4, -0.2) is 23.3 Å². The maximum atomic E-state index is 10.1. The van der Waals surface area contributed by atoms with Gasteiger partial charge in [-0.15, -0.1) is 11.6 Å². The molecule has 0 spiro atoms. The third kappa shape index (κ3) is 5.43. The van der Waals surface area contributed by atoms with E-state index in [1.54, 1.807) is 6.92 Å². The Labute approximate surface area is 73.0 Å². The quantitative estimate of drug-likeness (QED) is 0.442. The number of alkyl halides is 2. The van der Waals surface area contributed by atoms with Gasteiger partial charge in [0.05, 0.1) is 10.3 Å². The normalized spacial score (nSPS) is 18.4. The summed E-state index contributed by atoms with van der Waals surface area (Å²) in [6.45, 7) is 1.58. The van der Waals surface area contributed by atoms with Crippen LogP contribution in [0.25, 0.3) is 0 Å². The molecule has 0 saturated carbocycles. The van der Waals surface area contributed by atoms with Crippen molar-refractivity contribution in [3.05, 3.63) is 0 Å². The summed E-state index contributed by atoms with van der Waals surface area (Å²) in [5.74, 6) is 0. The smallest absolute Gasteiger partial charge is 0.273 e. The molecule has 4 nitrogen and oxygen atoms in total. The van der Waals surface area contributed by atoms with E-state index in [1.807, 2.05) is 4.72 Å². The van der Waals surface area contributed by atoms with Crippen LogP contribution in [0.2, 0.25) is 0 Å². The van der Waals surface area contributed by atoms with Crippen LogP contribution in [0.15, 0.2) is 0 Å². The minimum Gasteiger partial charge on any atom is -0.273 e. The van der Waals surface area contributed by atoms with Gasteiger partial charge in [-0.05, 0) is 6.92 Å². The van der Waals surface area contributed by atoms with Gasteiger partial charge in [0.1, 0.15) is 0 Å². The van der Waals surface area contributed by atoms with Crippen molar-refractivity contribution >= 4 is 37.8 Å². The molecule has 10 heavy (non-hydrogen) atoms. The maximum Gasteiger partial charge on any atom is 0.334 e. The van der Waals surface area contributed by atoms with Crippen LogP contribution < -0.4 is 4.72 Å². The first-order chi connectivity index (χ1) is 4.33. The van der Waals surface area contributed by atoms with E-state index in [1.165, 1.54) is 0 Å². The molecule has 0 aliphatic carbocycles. The Balaban J connectivity index is 3.93. The zero-order valence-electron chi connectivity index (χ0n) is 5.08. The number of hydrogen-bond donors (Lipinski definition) is 2. The van der Waals surface area contributed by atoms with Gasteiger partial charge in [-0.25, -0.2) is 0 Å². The molecule has 0 aromatic heterocycles. The zero-order chi connectivity index (χ0) is 8.36. The predicted molar refractivity (Wildman–Crippen MR) is 42.7 cm³/mol. The molecule has 0 rings (SSSR count). The molecular formula is C3H7BrClNO3S. The second-order valence-electron chi connectivity index (χ2n) is 1.67. The van der Waals surface area contributed by atoms with E-state index in [2.05, 4.69) is 15.9 Å². The summed E-state index contributed by atoms with van der Waals surface area (Å²) < 4.78 is 30.2. The van der Waals surface area contributed by atoms with Crippen molar-refractivity contribution in [1.82, 2.24) is 4.72 Å². The van der Waals surface area contributed by atoms with Crippen LogP contribution in [0.5, 0.6) is 0 Å². The Morgan fingerprint density at radius 3 is 2.20 bits per heavy atom. The lowest BCUT2D eigenvalue weighted by Crippen LogP contribution is -2.34. The van der Waals surface area contributed by atoms with Crippen molar-refractivity contribution in [2.24, 2.45) is 0 Å². The molecule has 0 aromatic rings. The minimum atomic E-state index is -4.15. The Bertz CT molecular complexity index is 192. The summed E-state index contributed by atoms with van der Waals surface area (Å²) in [6.07, 6.45) is 0. The second kappa shape index (κ2) is 3.87. The average Bonchev–Trinajstić information content (AvgIpc) is 1.60. The lowest BCUT2D eigenvalue weighted by Gasteiger charge is -2.10. The largest absolute Gasteiger partial charge is 0.334 e. The van der Waals surface area contributed by atoms with E-state index >= 15 is 0 Å². The molecule has 0 saturated heterocycles. The van der Waals surface area contributed by atoms with Crippen molar-refractivity contribution < 1.29 is 13.0 Å². The fraction of sp³-hybridized carbons (Fsp3) is 1.00. The third-order valence-electron chi connectivity index (χ3n) is 0.665. The summed E-state index contributed by atoms with van der Waals surface area (Å²) in [5, 5.41) is -0.429. The first-order valence-electron chi connectivity index (χ1n) is 2.36. The van der Waals surface area contributed by atoms with Gasteiger partial charge in [-0.2, -0.15) is 13.1 Å². The van der Waals surface area contributed by atoms with E-state index < -0.39 is 20.6 Å². The number of nitrogens with one attached hydrogen (secondary N) is 1. The second-order valence-corrected chi connectivity index (χ2v) is 4.53. The van der Waals surface area contributed by atoms with Crippen molar-refractivity contribution in [3.63, 3.8) is 0 Å². The van der Waals surface area contributed by atoms with E-state index in [0.717, 1.165) is 0 Å². The van der Waals surface area contributed by atoms with Gasteiger partial charge in [0.25, 0.3) is 0 Å². The predicted octanol–water partition coefficient (Wildman–Crippen LogP) is 0.727. The number of hydrogen-bond acceptors (Lipinski definition) is 2. The Hall–Kier alpha value is 0.640.